The molecule has 0 aromatic carbocycles. The van der Waals surface area contributed by atoms with Gasteiger partial charge in [0.1, 0.15) is 5.52 Å². The number of halogens is 1. The van der Waals surface area contributed by atoms with Gasteiger partial charge in [0.15, 0.2) is 5.13 Å². The maximum absolute atomic E-state index is 4.66. The Hall–Kier alpha value is -1.53. The van der Waals surface area contributed by atoms with Crippen LogP contribution in [0.1, 0.15) is 17.0 Å². The number of nitrogens with one attached hydrogen (secondary N) is 1. The molecule has 1 aliphatic rings. The lowest BCUT2D eigenvalue weighted by Crippen LogP contribution is -1.94. The van der Waals surface area contributed by atoms with Gasteiger partial charge in [0.25, 0.3) is 0 Å². The quantitative estimate of drug-likeness (QED) is 0.759. The monoisotopic (exact) mass is 346 g/mol. The highest BCUT2D eigenvalue weighted by atomic mass is 79.9. The fraction of sp³-hybridized carbons (Fsp3) is 0.214. The van der Waals surface area contributed by atoms with Crippen molar-refractivity contribution < 1.29 is 0 Å². The first-order valence-corrected chi connectivity index (χ1v) is 8.06. The first kappa shape index (κ1) is 12.2. The first-order chi connectivity index (χ1) is 9.79. The molecule has 0 saturated carbocycles. The van der Waals surface area contributed by atoms with Crippen LogP contribution >= 0.6 is 27.3 Å². The Morgan fingerprint density at radius 2 is 2.20 bits per heavy atom. The summed E-state index contributed by atoms with van der Waals surface area (Å²) in [7, 11) is 0. The third-order valence-corrected chi connectivity index (χ3v) is 4.89. The normalized spacial score (nSPS) is 13.7. The molecule has 0 saturated heterocycles. The molecule has 4 rings (SSSR count). The maximum Gasteiger partial charge on any atom is 0.187 e. The molecular formula is C14H11BrN4S. The van der Waals surface area contributed by atoms with Crippen LogP contribution in [-0.2, 0) is 12.8 Å². The maximum atomic E-state index is 4.66. The van der Waals surface area contributed by atoms with Crippen LogP contribution in [0.2, 0.25) is 0 Å². The number of hydrogen-bond acceptors (Lipinski definition) is 5. The van der Waals surface area contributed by atoms with Crippen LogP contribution in [0.5, 0.6) is 0 Å². The van der Waals surface area contributed by atoms with Crippen LogP contribution in [0.25, 0.3) is 11.0 Å². The molecular weight excluding hydrogens is 336 g/mol. The average Bonchev–Trinajstić information content (AvgIpc) is 2.99. The van der Waals surface area contributed by atoms with Crippen molar-refractivity contribution in [3.8, 4) is 0 Å². The van der Waals surface area contributed by atoms with Gasteiger partial charge in [-0.15, -0.1) is 11.3 Å². The zero-order chi connectivity index (χ0) is 13.5. The van der Waals surface area contributed by atoms with Crippen LogP contribution < -0.4 is 5.32 Å². The minimum absolute atomic E-state index is 0.867. The minimum atomic E-state index is 0.867. The van der Waals surface area contributed by atoms with Gasteiger partial charge in [-0.3, -0.25) is 9.97 Å². The second kappa shape index (κ2) is 4.79. The number of hydrogen-bond donors (Lipinski definition) is 1. The molecule has 0 unspecified atom stereocenters. The van der Waals surface area contributed by atoms with E-state index in [0.717, 1.165) is 39.2 Å². The largest absolute Gasteiger partial charge is 0.330 e. The van der Waals surface area contributed by atoms with E-state index in [4.69, 9.17) is 0 Å². The molecule has 0 fully saturated rings. The van der Waals surface area contributed by atoms with E-state index in [0.29, 0.717) is 0 Å². The minimum Gasteiger partial charge on any atom is -0.330 e. The van der Waals surface area contributed by atoms with Gasteiger partial charge in [-0.2, -0.15) is 0 Å². The van der Waals surface area contributed by atoms with Crippen LogP contribution in [0.3, 0.4) is 0 Å². The summed E-state index contributed by atoms with van der Waals surface area (Å²) in [6.07, 6.45) is 7.09. The molecule has 0 spiro atoms. The van der Waals surface area contributed by atoms with Crippen molar-refractivity contribution in [2.75, 3.05) is 5.32 Å². The van der Waals surface area contributed by atoms with Crippen LogP contribution in [0, 0.1) is 0 Å². The van der Waals surface area contributed by atoms with Crippen molar-refractivity contribution in [1.29, 1.82) is 0 Å². The predicted octanol–water partition coefficient (Wildman–Crippen LogP) is 4.08. The number of pyridine rings is 2. The van der Waals surface area contributed by atoms with E-state index in [9.17, 15) is 0 Å². The van der Waals surface area contributed by atoms with Crippen molar-refractivity contribution in [2.45, 2.75) is 19.3 Å². The molecule has 3 heterocycles. The van der Waals surface area contributed by atoms with Gasteiger partial charge in [-0.05, 0) is 47.3 Å². The number of rotatable bonds is 2. The molecule has 0 radical (unpaired) electrons. The van der Waals surface area contributed by atoms with Gasteiger partial charge in [0, 0.05) is 21.7 Å². The average molecular weight is 347 g/mol. The van der Waals surface area contributed by atoms with E-state index in [-0.39, 0.29) is 0 Å². The summed E-state index contributed by atoms with van der Waals surface area (Å²) in [5.41, 5.74) is 3.95. The van der Waals surface area contributed by atoms with E-state index in [1.54, 1.807) is 23.7 Å². The topological polar surface area (TPSA) is 50.7 Å². The Morgan fingerprint density at radius 3 is 3.10 bits per heavy atom. The van der Waals surface area contributed by atoms with E-state index in [1.807, 2.05) is 12.1 Å². The first-order valence-electron chi connectivity index (χ1n) is 6.45. The zero-order valence-electron chi connectivity index (χ0n) is 10.6. The number of fused-ring (bicyclic) bond motifs is 2. The van der Waals surface area contributed by atoms with E-state index in [2.05, 4.69) is 36.2 Å². The van der Waals surface area contributed by atoms with E-state index in [1.165, 1.54) is 17.0 Å². The number of anilines is 2. The molecule has 1 aliphatic carbocycles. The Bertz CT molecular complexity index is 777. The SMILES string of the molecule is Brc1cnc2c(Nc3nc4c(s3)CCC4)ccnc2c1. The second-order valence-corrected chi connectivity index (χ2v) is 6.75. The van der Waals surface area contributed by atoms with Gasteiger partial charge in [-0.1, -0.05) is 0 Å². The third-order valence-electron chi connectivity index (χ3n) is 3.38. The molecule has 0 bridgehead atoms. The standard InChI is InChI=1S/C14H11BrN4S/c15-8-6-11-13(17-7-8)10(4-5-16-11)19-14-18-9-2-1-3-12(9)20-14/h4-7H,1-3H2,(H,16,18,19). The van der Waals surface area contributed by atoms with E-state index < -0.39 is 0 Å². The number of aryl methyl sites for hydroxylation is 2. The lowest BCUT2D eigenvalue weighted by atomic mass is 10.3. The second-order valence-electron chi connectivity index (χ2n) is 4.75. The fourth-order valence-electron chi connectivity index (χ4n) is 2.47. The summed E-state index contributed by atoms with van der Waals surface area (Å²) in [4.78, 5) is 14.9. The van der Waals surface area contributed by atoms with E-state index >= 15 is 0 Å². The van der Waals surface area contributed by atoms with Crippen LogP contribution in [0.4, 0.5) is 10.8 Å². The molecule has 6 heteroatoms. The summed E-state index contributed by atoms with van der Waals surface area (Å²) in [5, 5.41) is 4.34. The molecule has 3 aromatic heterocycles. The molecule has 100 valence electrons. The summed E-state index contributed by atoms with van der Waals surface area (Å²) in [6.45, 7) is 0. The molecule has 0 amide bonds. The van der Waals surface area contributed by atoms with Gasteiger partial charge in [0.2, 0.25) is 0 Å². The fourth-order valence-corrected chi connectivity index (χ4v) is 3.85. The Kier molecular flexibility index (Phi) is 2.93. The summed E-state index contributed by atoms with van der Waals surface area (Å²) >= 11 is 5.17. The predicted molar refractivity (Wildman–Crippen MR) is 84.7 cm³/mol. The summed E-state index contributed by atoms with van der Waals surface area (Å²) < 4.78 is 0.933. The highest BCUT2D eigenvalue weighted by molar-refractivity contribution is 9.10. The van der Waals surface area contributed by atoms with Crippen molar-refractivity contribution in [2.24, 2.45) is 0 Å². The van der Waals surface area contributed by atoms with Crippen molar-refractivity contribution in [3.63, 3.8) is 0 Å². The molecule has 4 nitrogen and oxygen atoms in total. The molecule has 0 aliphatic heterocycles. The van der Waals surface area contributed by atoms with Crippen LogP contribution in [0.15, 0.2) is 29.0 Å². The Morgan fingerprint density at radius 1 is 1.25 bits per heavy atom. The highest BCUT2D eigenvalue weighted by Crippen LogP contribution is 2.33. The Balaban J connectivity index is 1.74. The summed E-state index contributed by atoms with van der Waals surface area (Å²) in [5.74, 6) is 0. The molecule has 20 heavy (non-hydrogen) atoms. The molecule has 1 N–H and O–H groups in total. The van der Waals surface area contributed by atoms with Crippen molar-refractivity contribution in [3.05, 3.63) is 39.6 Å². The van der Waals surface area contributed by atoms with Gasteiger partial charge in [-0.25, -0.2) is 4.98 Å². The van der Waals surface area contributed by atoms with Gasteiger partial charge >= 0.3 is 0 Å². The summed E-state index contributed by atoms with van der Waals surface area (Å²) in [6, 6.07) is 3.91. The number of thiazole rings is 1. The highest BCUT2D eigenvalue weighted by Gasteiger charge is 2.17. The van der Waals surface area contributed by atoms with Crippen molar-refractivity contribution >= 4 is 49.1 Å². The van der Waals surface area contributed by atoms with Crippen molar-refractivity contribution in [1.82, 2.24) is 15.0 Å². The molecule has 3 aromatic rings. The lowest BCUT2D eigenvalue weighted by Gasteiger charge is -2.06. The number of nitrogens with zero attached hydrogens (tertiary/aromatic N) is 3. The zero-order valence-corrected chi connectivity index (χ0v) is 13.0. The smallest absolute Gasteiger partial charge is 0.187 e. The number of aromatic nitrogens is 3. The molecule has 0 atom stereocenters. The van der Waals surface area contributed by atoms with Gasteiger partial charge in [0.05, 0.1) is 16.9 Å². The third kappa shape index (κ3) is 2.09. The van der Waals surface area contributed by atoms with Gasteiger partial charge < -0.3 is 5.32 Å². The lowest BCUT2D eigenvalue weighted by molar-refractivity contribution is 0.900. The van der Waals surface area contributed by atoms with Crippen LogP contribution in [-0.4, -0.2) is 15.0 Å². The Labute approximate surface area is 128 Å².